The van der Waals surface area contributed by atoms with Gasteiger partial charge in [0.1, 0.15) is 0 Å². The van der Waals surface area contributed by atoms with Gasteiger partial charge in [0.25, 0.3) is 0 Å². The first kappa shape index (κ1) is 12.4. The van der Waals surface area contributed by atoms with Gasteiger partial charge in [-0.2, -0.15) is 0 Å². The van der Waals surface area contributed by atoms with Crippen molar-refractivity contribution < 1.29 is 0 Å². The highest BCUT2D eigenvalue weighted by Crippen LogP contribution is 2.33. The van der Waals surface area contributed by atoms with Gasteiger partial charge in [-0.05, 0) is 50.9 Å². The Morgan fingerprint density at radius 1 is 0.571 bits per heavy atom. The number of rotatable bonds is 1. The van der Waals surface area contributed by atoms with Crippen LogP contribution in [-0.4, -0.2) is 0 Å². The zero-order valence-corrected chi connectivity index (χ0v) is 12.1. The first-order valence-corrected chi connectivity index (χ1v) is 7.36. The van der Waals surface area contributed by atoms with Crippen molar-refractivity contribution in [2.24, 2.45) is 0 Å². The van der Waals surface area contributed by atoms with Crippen molar-refractivity contribution in [2.45, 2.75) is 0 Å². The maximum atomic E-state index is 6.29. The summed E-state index contributed by atoms with van der Waals surface area (Å²) in [6, 6.07) is 27.4. The van der Waals surface area contributed by atoms with Gasteiger partial charge in [-0.25, -0.2) is 0 Å². The Labute approximate surface area is 128 Å². The summed E-state index contributed by atoms with van der Waals surface area (Å²) in [4.78, 5) is 0. The van der Waals surface area contributed by atoms with Crippen molar-refractivity contribution in [3.05, 3.63) is 83.9 Å². The lowest BCUT2D eigenvalue weighted by atomic mass is 9.96. The molecule has 4 aromatic carbocycles. The average molecular weight is 289 g/mol. The summed E-state index contributed by atoms with van der Waals surface area (Å²) in [5.41, 5.74) is 2.39. The number of hydrogen-bond donors (Lipinski definition) is 0. The molecule has 0 aromatic heterocycles. The van der Waals surface area contributed by atoms with E-state index in [2.05, 4.69) is 60.7 Å². The smallest absolute Gasteiger partial charge is 0.0418 e. The molecule has 0 nitrogen and oxygen atoms in total. The van der Waals surface area contributed by atoms with Gasteiger partial charge in [-0.15, -0.1) is 0 Å². The van der Waals surface area contributed by atoms with Gasteiger partial charge in [-0.1, -0.05) is 72.3 Å². The van der Waals surface area contributed by atoms with Crippen LogP contribution >= 0.6 is 11.6 Å². The van der Waals surface area contributed by atoms with Crippen LogP contribution in [-0.2, 0) is 0 Å². The van der Waals surface area contributed by atoms with Crippen LogP contribution in [0.5, 0.6) is 0 Å². The van der Waals surface area contributed by atoms with Crippen molar-refractivity contribution in [3.8, 4) is 11.1 Å². The van der Waals surface area contributed by atoms with E-state index in [-0.39, 0.29) is 0 Å². The van der Waals surface area contributed by atoms with E-state index in [1.807, 2.05) is 18.2 Å². The maximum Gasteiger partial charge on any atom is 0.0418 e. The Bertz CT molecular complexity index is 954. The summed E-state index contributed by atoms with van der Waals surface area (Å²) >= 11 is 6.29. The minimum Gasteiger partial charge on any atom is -0.0843 e. The van der Waals surface area contributed by atoms with E-state index in [0.717, 1.165) is 5.02 Å². The van der Waals surface area contributed by atoms with Gasteiger partial charge in [0.05, 0.1) is 0 Å². The number of fused-ring (bicyclic) bond motifs is 2. The zero-order chi connectivity index (χ0) is 14.2. The molecule has 0 spiro atoms. The summed E-state index contributed by atoms with van der Waals surface area (Å²) in [6.07, 6.45) is 0. The van der Waals surface area contributed by atoms with Crippen LogP contribution in [0, 0.1) is 0 Å². The summed E-state index contributed by atoms with van der Waals surface area (Å²) in [5, 5.41) is 5.69. The van der Waals surface area contributed by atoms with E-state index >= 15 is 0 Å². The first-order chi connectivity index (χ1) is 10.3. The lowest BCUT2D eigenvalue weighted by molar-refractivity contribution is 1.68. The molecule has 0 fully saturated rings. The average Bonchev–Trinajstić information content (AvgIpc) is 2.53. The SMILES string of the molecule is Clc1cc(-c2ccc3ccccc3c2)c2ccccc2c1. The van der Waals surface area contributed by atoms with Crippen LogP contribution < -0.4 is 0 Å². The topological polar surface area (TPSA) is 0 Å². The molecule has 0 radical (unpaired) electrons. The third-order valence-electron chi connectivity index (χ3n) is 3.89. The highest BCUT2D eigenvalue weighted by molar-refractivity contribution is 6.32. The summed E-state index contributed by atoms with van der Waals surface area (Å²) in [7, 11) is 0. The third-order valence-corrected chi connectivity index (χ3v) is 4.11. The van der Waals surface area contributed by atoms with Gasteiger partial charge < -0.3 is 0 Å². The maximum absolute atomic E-state index is 6.29. The fraction of sp³-hybridized carbons (Fsp3) is 0. The van der Waals surface area contributed by atoms with E-state index in [4.69, 9.17) is 11.6 Å². The van der Waals surface area contributed by atoms with Crippen molar-refractivity contribution in [2.75, 3.05) is 0 Å². The highest BCUT2D eigenvalue weighted by atomic mass is 35.5. The zero-order valence-electron chi connectivity index (χ0n) is 11.4. The summed E-state index contributed by atoms with van der Waals surface area (Å²) in [5.74, 6) is 0. The Balaban J connectivity index is 2.03. The second-order valence-corrected chi connectivity index (χ2v) is 5.67. The van der Waals surface area contributed by atoms with Gasteiger partial charge in [0, 0.05) is 5.02 Å². The Morgan fingerprint density at radius 2 is 1.29 bits per heavy atom. The molecule has 0 atom stereocenters. The van der Waals surface area contributed by atoms with Crippen LogP contribution in [0.15, 0.2) is 78.9 Å². The van der Waals surface area contributed by atoms with Crippen molar-refractivity contribution in [1.29, 1.82) is 0 Å². The molecule has 0 aliphatic heterocycles. The Kier molecular flexibility index (Phi) is 2.90. The normalized spacial score (nSPS) is 11.1. The molecule has 0 N–H and O–H groups in total. The van der Waals surface area contributed by atoms with E-state index in [1.54, 1.807) is 0 Å². The number of hydrogen-bond acceptors (Lipinski definition) is 0. The second-order valence-electron chi connectivity index (χ2n) is 5.24. The standard InChI is InChI=1S/C20H13Cl/c21-18-12-16-7-3-4-8-19(16)20(13-18)17-10-9-14-5-1-2-6-15(14)11-17/h1-13H. The quantitative estimate of drug-likeness (QED) is 0.385. The first-order valence-electron chi connectivity index (χ1n) is 6.99. The molecule has 4 aromatic rings. The molecule has 0 aliphatic carbocycles. The number of benzene rings is 4. The molecule has 0 heterocycles. The molecule has 0 bridgehead atoms. The monoisotopic (exact) mass is 288 g/mol. The van der Waals surface area contributed by atoms with Crippen molar-refractivity contribution >= 4 is 33.1 Å². The van der Waals surface area contributed by atoms with E-state index < -0.39 is 0 Å². The fourth-order valence-electron chi connectivity index (χ4n) is 2.87. The molecular weight excluding hydrogens is 276 g/mol. The molecule has 0 unspecified atom stereocenters. The molecular formula is C20H13Cl. The Morgan fingerprint density at radius 3 is 2.14 bits per heavy atom. The lowest BCUT2D eigenvalue weighted by Crippen LogP contribution is -1.83. The summed E-state index contributed by atoms with van der Waals surface area (Å²) < 4.78 is 0. The van der Waals surface area contributed by atoms with Gasteiger partial charge in [0.15, 0.2) is 0 Å². The predicted octanol–water partition coefficient (Wildman–Crippen LogP) is 6.31. The molecule has 0 aliphatic rings. The van der Waals surface area contributed by atoms with Gasteiger partial charge in [-0.3, -0.25) is 0 Å². The minimum absolute atomic E-state index is 0.775. The van der Waals surface area contributed by atoms with E-state index in [1.165, 1.54) is 32.7 Å². The molecule has 0 saturated carbocycles. The van der Waals surface area contributed by atoms with Crippen molar-refractivity contribution in [1.82, 2.24) is 0 Å². The van der Waals surface area contributed by atoms with Gasteiger partial charge in [0.2, 0.25) is 0 Å². The van der Waals surface area contributed by atoms with Gasteiger partial charge >= 0.3 is 0 Å². The molecule has 4 rings (SSSR count). The van der Waals surface area contributed by atoms with Crippen LogP contribution in [0.1, 0.15) is 0 Å². The largest absolute Gasteiger partial charge is 0.0843 e. The van der Waals surface area contributed by atoms with Crippen molar-refractivity contribution in [3.63, 3.8) is 0 Å². The molecule has 100 valence electrons. The highest BCUT2D eigenvalue weighted by Gasteiger charge is 2.06. The minimum atomic E-state index is 0.775. The van der Waals surface area contributed by atoms with Crippen LogP contribution in [0.25, 0.3) is 32.7 Å². The third kappa shape index (κ3) is 2.18. The Hall–Kier alpha value is -2.31. The second kappa shape index (κ2) is 4.91. The van der Waals surface area contributed by atoms with E-state index in [0.29, 0.717) is 0 Å². The molecule has 0 amide bonds. The molecule has 0 saturated heterocycles. The summed E-state index contributed by atoms with van der Waals surface area (Å²) in [6.45, 7) is 0. The van der Waals surface area contributed by atoms with Crippen LogP contribution in [0.2, 0.25) is 5.02 Å². The molecule has 21 heavy (non-hydrogen) atoms. The lowest BCUT2D eigenvalue weighted by Gasteiger charge is -2.09. The van der Waals surface area contributed by atoms with Crippen LogP contribution in [0.3, 0.4) is 0 Å². The van der Waals surface area contributed by atoms with Crippen LogP contribution in [0.4, 0.5) is 0 Å². The fourth-order valence-corrected chi connectivity index (χ4v) is 3.10. The van der Waals surface area contributed by atoms with E-state index in [9.17, 15) is 0 Å². The number of halogens is 1. The predicted molar refractivity (Wildman–Crippen MR) is 91.9 cm³/mol. The molecule has 1 heteroatoms.